The Kier molecular flexibility index (Phi) is 4.16. The smallest absolute Gasteiger partial charge is 0.234 e. The highest BCUT2D eigenvalue weighted by atomic mass is 32.1. The number of ketones is 1. The quantitative estimate of drug-likeness (QED) is 0.602. The first-order chi connectivity index (χ1) is 6.65. The van der Waals surface area contributed by atoms with E-state index in [0.29, 0.717) is 11.4 Å². The first-order valence-corrected chi connectivity index (χ1v) is 5.27. The molecule has 0 unspecified atom stereocenters. The topological polar surface area (TPSA) is 42.0 Å². The van der Waals surface area contributed by atoms with Gasteiger partial charge in [-0.15, -0.1) is 11.3 Å². The van der Waals surface area contributed by atoms with E-state index in [1.807, 2.05) is 7.05 Å². The number of aryl methyl sites for hydroxylation is 1. The summed E-state index contributed by atoms with van der Waals surface area (Å²) in [4.78, 5) is 15.2. The van der Waals surface area contributed by atoms with Gasteiger partial charge in [-0.05, 0) is 26.9 Å². The van der Waals surface area contributed by atoms with Gasteiger partial charge >= 0.3 is 0 Å². The van der Waals surface area contributed by atoms with Gasteiger partial charge in [-0.3, -0.25) is 4.79 Å². The van der Waals surface area contributed by atoms with Gasteiger partial charge in [0.2, 0.25) is 5.95 Å². The molecule has 1 aromatic heterocycles. The molecule has 0 saturated carbocycles. The highest BCUT2D eigenvalue weighted by Gasteiger charge is 2.15. The summed E-state index contributed by atoms with van der Waals surface area (Å²) in [6, 6.07) is 0. The van der Waals surface area contributed by atoms with Crippen LogP contribution in [0.15, 0.2) is 0 Å². The van der Waals surface area contributed by atoms with Crippen LogP contribution in [0.3, 0.4) is 0 Å². The maximum Gasteiger partial charge on any atom is 0.234 e. The molecule has 0 aliphatic rings. The fourth-order valence-corrected chi connectivity index (χ4v) is 1.88. The van der Waals surface area contributed by atoms with Crippen LogP contribution in [-0.2, 0) is 0 Å². The first kappa shape index (κ1) is 11.3. The second kappa shape index (κ2) is 5.17. The predicted molar refractivity (Wildman–Crippen MR) is 54.3 cm³/mol. The van der Waals surface area contributed by atoms with Gasteiger partial charge in [0, 0.05) is 6.42 Å². The Labute approximate surface area is 86.4 Å². The van der Waals surface area contributed by atoms with Crippen LogP contribution >= 0.6 is 11.3 Å². The van der Waals surface area contributed by atoms with Gasteiger partial charge in [-0.1, -0.05) is 0 Å². The maximum absolute atomic E-state index is 13.0. The van der Waals surface area contributed by atoms with E-state index in [-0.39, 0.29) is 10.7 Å². The zero-order valence-electron chi connectivity index (χ0n) is 8.26. The van der Waals surface area contributed by atoms with Crippen LogP contribution in [0, 0.1) is 12.9 Å². The zero-order valence-corrected chi connectivity index (χ0v) is 9.08. The summed E-state index contributed by atoms with van der Waals surface area (Å²) in [6.07, 6.45) is 1.10. The number of nitrogens with zero attached hydrogens (tertiary/aromatic N) is 1. The van der Waals surface area contributed by atoms with Crippen molar-refractivity contribution in [2.75, 3.05) is 13.6 Å². The summed E-state index contributed by atoms with van der Waals surface area (Å²) in [5.74, 6) is -0.773. The Bertz CT molecular complexity index is 325. The van der Waals surface area contributed by atoms with E-state index in [4.69, 9.17) is 0 Å². The molecule has 0 aromatic carbocycles. The van der Waals surface area contributed by atoms with Crippen LogP contribution in [0.4, 0.5) is 4.39 Å². The van der Waals surface area contributed by atoms with Crippen molar-refractivity contribution < 1.29 is 9.18 Å². The Morgan fingerprint density at radius 2 is 2.36 bits per heavy atom. The van der Waals surface area contributed by atoms with E-state index in [1.165, 1.54) is 0 Å². The number of aromatic nitrogens is 1. The molecule has 0 bridgehead atoms. The molecule has 0 atom stereocenters. The highest BCUT2D eigenvalue weighted by molar-refractivity contribution is 7.13. The van der Waals surface area contributed by atoms with Crippen LogP contribution in [-0.4, -0.2) is 24.4 Å². The normalized spacial score (nSPS) is 10.5. The molecule has 78 valence electrons. The summed E-state index contributed by atoms with van der Waals surface area (Å²) in [5, 5.41) is 3.53. The lowest BCUT2D eigenvalue weighted by atomic mass is 10.2. The van der Waals surface area contributed by atoms with Crippen molar-refractivity contribution >= 4 is 17.1 Å². The van der Waals surface area contributed by atoms with Crippen molar-refractivity contribution in [3.8, 4) is 0 Å². The molecule has 1 N–H and O–H groups in total. The third-order valence-corrected chi connectivity index (χ3v) is 2.76. The fourth-order valence-electron chi connectivity index (χ4n) is 1.11. The number of nitrogens with one attached hydrogen (secondary N) is 1. The standard InChI is InChI=1S/C9H13FN2OS/c1-6-12-9(10)8(14-6)7(13)4-3-5-11-2/h11H,3-5H2,1-2H3. The molecular formula is C9H13FN2OS. The first-order valence-electron chi connectivity index (χ1n) is 4.46. The van der Waals surface area contributed by atoms with Gasteiger partial charge in [0.25, 0.3) is 0 Å². The summed E-state index contributed by atoms with van der Waals surface area (Å²) in [7, 11) is 1.82. The molecule has 0 amide bonds. The van der Waals surface area contributed by atoms with Crippen molar-refractivity contribution in [2.24, 2.45) is 0 Å². The third kappa shape index (κ3) is 2.85. The van der Waals surface area contributed by atoms with E-state index >= 15 is 0 Å². The van der Waals surface area contributed by atoms with E-state index in [0.717, 1.165) is 24.3 Å². The van der Waals surface area contributed by atoms with Crippen molar-refractivity contribution in [1.29, 1.82) is 0 Å². The number of hydrogen-bond acceptors (Lipinski definition) is 4. The van der Waals surface area contributed by atoms with E-state index in [2.05, 4.69) is 10.3 Å². The van der Waals surface area contributed by atoms with Gasteiger partial charge in [0.05, 0.1) is 5.01 Å². The van der Waals surface area contributed by atoms with Crippen LogP contribution in [0.5, 0.6) is 0 Å². The van der Waals surface area contributed by atoms with Crippen LogP contribution in [0.2, 0.25) is 0 Å². The molecule has 1 aromatic rings. The average Bonchev–Trinajstić information content (AvgIpc) is 2.45. The van der Waals surface area contributed by atoms with Crippen LogP contribution in [0.25, 0.3) is 0 Å². The summed E-state index contributed by atoms with van der Waals surface area (Å²) in [5.41, 5.74) is 0. The second-order valence-corrected chi connectivity index (χ2v) is 4.19. The number of Topliss-reactive ketones (excluding diaryl/α,β-unsaturated/α-hetero) is 1. The Balaban J connectivity index is 2.56. The van der Waals surface area contributed by atoms with E-state index < -0.39 is 5.95 Å². The van der Waals surface area contributed by atoms with Gasteiger partial charge in [0.15, 0.2) is 5.78 Å². The minimum atomic E-state index is -0.623. The molecule has 0 saturated heterocycles. The lowest BCUT2D eigenvalue weighted by Gasteiger charge is -1.97. The molecular weight excluding hydrogens is 203 g/mol. The molecule has 0 fully saturated rings. The molecule has 3 nitrogen and oxygen atoms in total. The summed E-state index contributed by atoms with van der Waals surface area (Å²) >= 11 is 1.12. The summed E-state index contributed by atoms with van der Waals surface area (Å²) in [6.45, 7) is 2.46. The zero-order chi connectivity index (χ0) is 10.6. The van der Waals surface area contributed by atoms with Gasteiger partial charge < -0.3 is 5.32 Å². The van der Waals surface area contributed by atoms with Gasteiger partial charge in [0.1, 0.15) is 4.88 Å². The fraction of sp³-hybridized carbons (Fsp3) is 0.556. The van der Waals surface area contributed by atoms with Crippen LogP contribution in [0.1, 0.15) is 27.5 Å². The SMILES string of the molecule is CNCCCC(=O)c1sc(C)nc1F. The molecule has 0 aliphatic heterocycles. The minimum Gasteiger partial charge on any atom is -0.320 e. The number of carbonyl (C=O) groups excluding carboxylic acids is 1. The molecule has 1 rings (SSSR count). The average molecular weight is 216 g/mol. The molecule has 14 heavy (non-hydrogen) atoms. The lowest BCUT2D eigenvalue weighted by molar-refractivity contribution is 0.0980. The molecule has 0 radical (unpaired) electrons. The second-order valence-electron chi connectivity index (χ2n) is 2.98. The number of carbonyl (C=O) groups is 1. The number of thiazole rings is 1. The number of rotatable bonds is 5. The Morgan fingerprint density at radius 1 is 1.64 bits per heavy atom. The number of halogens is 1. The predicted octanol–water partition coefficient (Wildman–Crippen LogP) is 1.77. The number of hydrogen-bond donors (Lipinski definition) is 1. The van der Waals surface area contributed by atoms with Crippen molar-refractivity contribution in [2.45, 2.75) is 19.8 Å². The van der Waals surface area contributed by atoms with Gasteiger partial charge in [-0.2, -0.15) is 4.39 Å². The van der Waals surface area contributed by atoms with Gasteiger partial charge in [-0.25, -0.2) is 4.98 Å². The minimum absolute atomic E-state index is 0.150. The van der Waals surface area contributed by atoms with Crippen molar-refractivity contribution in [3.05, 3.63) is 15.8 Å². The maximum atomic E-state index is 13.0. The molecule has 1 heterocycles. The third-order valence-electron chi connectivity index (χ3n) is 1.78. The largest absolute Gasteiger partial charge is 0.320 e. The summed E-state index contributed by atoms with van der Waals surface area (Å²) < 4.78 is 13.0. The molecule has 0 spiro atoms. The Hall–Kier alpha value is -0.810. The van der Waals surface area contributed by atoms with Crippen molar-refractivity contribution in [3.63, 3.8) is 0 Å². The van der Waals surface area contributed by atoms with E-state index in [1.54, 1.807) is 6.92 Å². The molecule has 0 aliphatic carbocycles. The van der Waals surface area contributed by atoms with E-state index in [9.17, 15) is 9.18 Å². The lowest BCUT2D eigenvalue weighted by Crippen LogP contribution is -2.10. The van der Waals surface area contributed by atoms with Crippen molar-refractivity contribution in [1.82, 2.24) is 10.3 Å². The monoisotopic (exact) mass is 216 g/mol. The molecule has 5 heteroatoms. The highest BCUT2D eigenvalue weighted by Crippen LogP contribution is 2.18. The Morgan fingerprint density at radius 3 is 2.86 bits per heavy atom. The van der Waals surface area contributed by atoms with Crippen LogP contribution < -0.4 is 5.32 Å².